The van der Waals surface area contributed by atoms with Gasteiger partial charge < -0.3 is 24.8 Å². The van der Waals surface area contributed by atoms with Gasteiger partial charge in [0.1, 0.15) is 0 Å². The quantitative estimate of drug-likeness (QED) is 0.127. The van der Waals surface area contributed by atoms with E-state index in [-0.39, 0.29) is 24.8 Å². The van der Waals surface area contributed by atoms with Gasteiger partial charge in [-0.1, -0.05) is 0 Å². The summed E-state index contributed by atoms with van der Waals surface area (Å²) < 4.78 is 4.42. The van der Waals surface area contributed by atoms with E-state index in [0.29, 0.717) is 19.2 Å². The zero-order chi connectivity index (χ0) is 33.4. The molecule has 1 fully saturated rings. The molecule has 1 heterocycles. The molecule has 7 rings (SSSR count). The summed E-state index contributed by atoms with van der Waals surface area (Å²) >= 11 is -3.11. The van der Waals surface area contributed by atoms with E-state index in [4.69, 9.17) is 0 Å². The Bertz CT molecular complexity index is 1690. The smallest absolute Gasteiger partial charge is 1.00 e. The Labute approximate surface area is 320 Å². The second-order valence-electron chi connectivity index (χ2n) is 16.1. The summed E-state index contributed by atoms with van der Waals surface area (Å²) in [5.41, 5.74) is 18.6. The van der Waals surface area contributed by atoms with E-state index < -0.39 is 20.0 Å². The van der Waals surface area contributed by atoms with Crippen molar-refractivity contribution in [2.45, 2.75) is 102 Å². The standard InChI is InChI=1S/2C22H25.C3H6.2ClH.Hf/c2*1-4-6-17-9-11-19(12-10-17)21-8-5-7-20-14-18(13-16(2)3)15-22(20)21;1-3-2;;;/h2*5,7-12,14-16H,4,6,13H2,1-3H3;1-3H2;2*1H;/q;;;;;+2/p-2. The minimum atomic E-state index is -3.11. The van der Waals surface area contributed by atoms with E-state index in [9.17, 15) is 0 Å². The normalized spacial score (nSPS) is 17.8. The van der Waals surface area contributed by atoms with Gasteiger partial charge in [-0.05, 0) is 0 Å². The van der Waals surface area contributed by atoms with Crippen molar-refractivity contribution in [3.63, 3.8) is 0 Å². The van der Waals surface area contributed by atoms with Crippen LogP contribution in [0.25, 0.3) is 34.4 Å². The fraction of sp³-hybridized carbons (Fsp3) is 0.404. The van der Waals surface area contributed by atoms with Crippen LogP contribution in [0.4, 0.5) is 0 Å². The average molecular weight is 870 g/mol. The van der Waals surface area contributed by atoms with Crippen LogP contribution in [0.15, 0.2) is 96.1 Å². The molecule has 50 heavy (non-hydrogen) atoms. The van der Waals surface area contributed by atoms with Crippen molar-refractivity contribution in [1.82, 2.24) is 0 Å². The molecule has 0 amide bonds. The molecule has 1 saturated heterocycles. The first kappa shape index (κ1) is 39.0. The van der Waals surface area contributed by atoms with E-state index in [2.05, 4.69) is 139 Å². The topological polar surface area (TPSA) is 0 Å². The first-order valence-corrected chi connectivity index (χ1v) is 28.4. The number of fused-ring (bicyclic) bond motifs is 2. The monoisotopic (exact) mass is 870 g/mol. The maximum Gasteiger partial charge on any atom is -1.00 e. The molecule has 1 aliphatic heterocycles. The predicted octanol–water partition coefficient (Wildman–Crippen LogP) is 8.00. The van der Waals surface area contributed by atoms with Crippen LogP contribution in [-0.4, -0.2) is 0 Å². The van der Waals surface area contributed by atoms with E-state index in [1.54, 1.807) is 33.4 Å². The van der Waals surface area contributed by atoms with Gasteiger partial charge in [0, 0.05) is 0 Å². The van der Waals surface area contributed by atoms with Crippen molar-refractivity contribution in [1.29, 1.82) is 0 Å². The fourth-order valence-corrected chi connectivity index (χ4v) is 32.3. The number of hydrogen-bond acceptors (Lipinski definition) is 0. The van der Waals surface area contributed by atoms with Gasteiger partial charge >= 0.3 is 298 Å². The number of benzene rings is 4. The number of allylic oxidation sites excluding steroid dienone is 2. The molecule has 2 aliphatic carbocycles. The first-order valence-electron chi connectivity index (χ1n) is 19.2. The van der Waals surface area contributed by atoms with Crippen LogP contribution < -0.4 is 24.8 Å². The van der Waals surface area contributed by atoms with E-state index in [1.165, 1.54) is 73.8 Å². The Hall–Kier alpha value is -2.19. The Balaban J connectivity index is 0.00000243. The van der Waals surface area contributed by atoms with Gasteiger partial charge in [0.2, 0.25) is 0 Å². The predicted molar refractivity (Wildman–Crippen MR) is 206 cm³/mol. The number of halogens is 2. The Morgan fingerprint density at radius 2 is 0.960 bits per heavy atom. The summed E-state index contributed by atoms with van der Waals surface area (Å²) in [7, 11) is 0. The van der Waals surface area contributed by atoms with Crippen molar-refractivity contribution in [3.05, 3.63) is 129 Å². The first-order chi connectivity index (χ1) is 23.3. The van der Waals surface area contributed by atoms with Crippen LogP contribution in [0.3, 0.4) is 0 Å². The van der Waals surface area contributed by atoms with Crippen molar-refractivity contribution in [2.24, 2.45) is 11.8 Å². The van der Waals surface area contributed by atoms with Crippen LogP contribution in [0.1, 0.15) is 114 Å². The third kappa shape index (κ3) is 7.36. The molecule has 0 bridgehead atoms. The van der Waals surface area contributed by atoms with Gasteiger partial charge in [0.05, 0.1) is 0 Å². The summed E-state index contributed by atoms with van der Waals surface area (Å²) in [4.78, 5) is 0. The second-order valence-corrected chi connectivity index (χ2v) is 32.7. The zero-order valence-electron chi connectivity index (χ0n) is 31.2. The largest absolute Gasteiger partial charge is 1.00 e. The minimum absolute atomic E-state index is 0. The molecule has 2 unspecified atom stereocenters. The molecule has 0 nitrogen and oxygen atoms in total. The minimum Gasteiger partial charge on any atom is -1.00 e. The maximum absolute atomic E-state index is 3.11. The van der Waals surface area contributed by atoms with Crippen LogP contribution in [0.2, 0.25) is 8.35 Å². The van der Waals surface area contributed by atoms with Crippen LogP contribution in [0.5, 0.6) is 0 Å². The molecule has 0 aromatic heterocycles. The second kappa shape index (κ2) is 16.7. The van der Waals surface area contributed by atoms with Crippen molar-refractivity contribution in [3.8, 4) is 22.3 Å². The van der Waals surface area contributed by atoms with Crippen molar-refractivity contribution >= 4 is 12.2 Å². The Kier molecular flexibility index (Phi) is 13.0. The van der Waals surface area contributed by atoms with Gasteiger partial charge in [-0.25, -0.2) is 0 Å². The van der Waals surface area contributed by atoms with Crippen LogP contribution in [0, 0.1) is 11.8 Å². The average Bonchev–Trinajstić information content (AvgIpc) is 3.59. The summed E-state index contributed by atoms with van der Waals surface area (Å²) in [5.74, 6) is 1.33. The van der Waals surface area contributed by atoms with Crippen molar-refractivity contribution < 1.29 is 44.8 Å². The van der Waals surface area contributed by atoms with Gasteiger partial charge in [-0.2, -0.15) is 0 Å². The summed E-state index contributed by atoms with van der Waals surface area (Å²) in [6.07, 6.45) is 14.0. The number of rotatable bonds is 12. The Morgan fingerprint density at radius 1 is 0.560 bits per heavy atom. The van der Waals surface area contributed by atoms with Crippen LogP contribution in [-0.2, 0) is 32.8 Å². The summed E-state index contributed by atoms with van der Waals surface area (Å²) in [6, 6.07) is 33.7. The molecule has 2 atom stereocenters. The molecular formula is C47H56Cl2Hf. The molecule has 4 aromatic carbocycles. The van der Waals surface area contributed by atoms with E-state index in [0.717, 1.165) is 12.8 Å². The molecule has 3 aliphatic rings. The fourth-order valence-electron chi connectivity index (χ4n) is 9.69. The van der Waals surface area contributed by atoms with Gasteiger partial charge in [-0.3, -0.25) is 0 Å². The van der Waals surface area contributed by atoms with Crippen LogP contribution >= 0.6 is 0 Å². The molecule has 3 heteroatoms. The molecule has 262 valence electrons. The molecule has 0 saturated carbocycles. The molecule has 4 aromatic rings. The zero-order valence-corrected chi connectivity index (χ0v) is 36.3. The third-order valence-corrected chi connectivity index (χ3v) is 34.0. The van der Waals surface area contributed by atoms with E-state index >= 15 is 0 Å². The number of hydrogen-bond donors (Lipinski definition) is 0. The molecule has 0 radical (unpaired) electrons. The number of aryl methyl sites for hydroxylation is 2. The van der Waals surface area contributed by atoms with Gasteiger partial charge in [0.15, 0.2) is 0 Å². The SMILES string of the molecule is CCCc1ccc(-c2cccc3c2C=C(CC(C)C)[CH]3[Hf+2]2([CH]3C(CC(C)C)=Cc4c(-c5ccc(CCC)cc5)cccc43)[CH2]C[CH2]2)cc1.[Cl-].[Cl-]. The molecule has 0 N–H and O–H groups in total. The Morgan fingerprint density at radius 3 is 1.28 bits per heavy atom. The summed E-state index contributed by atoms with van der Waals surface area (Å²) in [5, 5.41) is 0. The van der Waals surface area contributed by atoms with Gasteiger partial charge in [-0.15, -0.1) is 0 Å². The van der Waals surface area contributed by atoms with E-state index in [1.807, 2.05) is 0 Å². The molecule has 0 spiro atoms. The van der Waals surface area contributed by atoms with Crippen molar-refractivity contribution in [2.75, 3.05) is 0 Å². The van der Waals surface area contributed by atoms with Gasteiger partial charge in [0.25, 0.3) is 0 Å². The third-order valence-electron chi connectivity index (χ3n) is 11.6. The molecular weight excluding hydrogens is 814 g/mol. The maximum atomic E-state index is 2.70. The summed E-state index contributed by atoms with van der Waals surface area (Å²) in [6.45, 7) is 14.3.